The zero-order valence-corrected chi connectivity index (χ0v) is 30.9. The summed E-state index contributed by atoms with van der Waals surface area (Å²) in [5, 5.41) is 4.31. The van der Waals surface area contributed by atoms with E-state index in [9.17, 15) is 5.48 Å². The summed E-state index contributed by atoms with van der Waals surface area (Å²) >= 11 is 0. The number of hydrogen-bond acceptors (Lipinski definition) is 5. The Bertz CT molecular complexity index is 3580. The Labute approximate surface area is 343 Å². The van der Waals surface area contributed by atoms with Crippen LogP contribution in [0.25, 0.3) is 88.8 Å². The Morgan fingerprint density at radius 3 is 1.69 bits per heavy atom. The normalized spacial score (nSPS) is 12.9. The van der Waals surface area contributed by atoms with Crippen molar-refractivity contribution in [2.45, 2.75) is 0 Å². The van der Waals surface area contributed by atoms with E-state index < -0.39 is 6.04 Å². The first kappa shape index (κ1) is 27.7. The summed E-state index contributed by atoms with van der Waals surface area (Å²) in [6.45, 7) is 0. The molecule has 0 fully saturated rings. The van der Waals surface area contributed by atoms with Crippen LogP contribution in [0.1, 0.15) is 8.22 Å². The summed E-state index contributed by atoms with van der Waals surface area (Å²) in [5.74, 6) is 0.694. The lowest BCUT2D eigenvalue weighted by Crippen LogP contribution is -2.09. The molecule has 0 bridgehead atoms. The molecule has 11 aromatic rings. The van der Waals surface area contributed by atoms with E-state index in [0.29, 0.717) is 28.3 Å². The molecule has 9 aromatic carbocycles. The van der Waals surface area contributed by atoms with E-state index in [0.717, 1.165) is 38.6 Å². The lowest BCUT2D eigenvalue weighted by molar-refractivity contribution is 0.669. The molecule has 0 aliphatic rings. The fourth-order valence-corrected chi connectivity index (χ4v) is 7.55. The summed E-state index contributed by atoms with van der Waals surface area (Å²) in [5.41, 5.74) is 5.04. The van der Waals surface area contributed by atoms with Crippen LogP contribution in [0, 0.1) is 0 Å². The number of para-hydroxylation sites is 1. The third-order valence-electron chi connectivity index (χ3n) is 10.4. The van der Waals surface area contributed by atoms with Crippen molar-refractivity contribution in [1.82, 2.24) is 15.0 Å². The topological polar surface area (TPSA) is 55.1 Å². The lowest BCUT2D eigenvalue weighted by atomic mass is 9.98. The first-order valence-electron chi connectivity index (χ1n) is 21.9. The second-order valence-corrected chi connectivity index (χ2v) is 14.0. The molecule has 272 valence electrons. The monoisotopic (exact) mass is 748 g/mol. The van der Waals surface area contributed by atoms with E-state index in [1.165, 1.54) is 0 Å². The maximum Gasteiger partial charge on any atom is 0.164 e. The molecule has 0 N–H and O–H groups in total. The van der Waals surface area contributed by atoms with Gasteiger partial charge in [-0.1, -0.05) is 146 Å². The maximum absolute atomic E-state index is 9.54. The average Bonchev–Trinajstić information content (AvgIpc) is 3.74. The third kappa shape index (κ3) is 6.03. The van der Waals surface area contributed by atoms with Gasteiger partial charge in [0.25, 0.3) is 0 Å². The van der Waals surface area contributed by atoms with Gasteiger partial charge in [0.2, 0.25) is 0 Å². The molecule has 0 spiro atoms. The van der Waals surface area contributed by atoms with Gasteiger partial charge in [-0.05, 0) is 93.3 Å². The molecular formula is C53H34N4O. The van der Waals surface area contributed by atoms with Crippen molar-refractivity contribution in [2.24, 2.45) is 0 Å². The second-order valence-electron chi connectivity index (χ2n) is 14.0. The molecule has 0 saturated heterocycles. The second kappa shape index (κ2) is 14.0. The standard InChI is InChI=1S/C53H34N4O/c1-4-14-36(15-5-1)51-54-52(37-16-6-2-7-17-37)56-53(55-51)47-21-12-22-48-50(47)46-30-27-42(34-49(46)58-48)39-23-24-41-33-45(29-26-40(41)31-39)57(43-19-8-3-9-20-43)44-28-25-35-13-10-11-18-38(35)32-44/h1-34H/i12D,21D,22D,27D,30D,34D. The molecule has 0 aliphatic carbocycles. The van der Waals surface area contributed by atoms with E-state index in [4.69, 9.17) is 22.1 Å². The highest BCUT2D eigenvalue weighted by atomic mass is 16.3. The molecule has 0 atom stereocenters. The van der Waals surface area contributed by atoms with Gasteiger partial charge in [-0.25, -0.2) is 15.0 Å². The average molecular weight is 749 g/mol. The highest BCUT2D eigenvalue weighted by Gasteiger charge is 2.19. The van der Waals surface area contributed by atoms with Crippen molar-refractivity contribution >= 4 is 60.5 Å². The van der Waals surface area contributed by atoms with Crippen LogP contribution in [0.5, 0.6) is 0 Å². The van der Waals surface area contributed by atoms with E-state index in [1.807, 2.05) is 115 Å². The minimum Gasteiger partial charge on any atom is -0.456 e. The Balaban J connectivity index is 1.07. The molecule has 5 heteroatoms. The lowest BCUT2D eigenvalue weighted by Gasteiger charge is -2.26. The smallest absolute Gasteiger partial charge is 0.164 e. The first-order valence-corrected chi connectivity index (χ1v) is 18.9. The Kier molecular flexibility index (Phi) is 6.67. The van der Waals surface area contributed by atoms with E-state index >= 15 is 0 Å². The summed E-state index contributed by atoms with van der Waals surface area (Å²) in [6, 6.07) is 53.8. The van der Waals surface area contributed by atoms with Gasteiger partial charge >= 0.3 is 0 Å². The van der Waals surface area contributed by atoms with E-state index in [2.05, 4.69) is 59.5 Å². The molecule has 5 nitrogen and oxygen atoms in total. The summed E-state index contributed by atoms with van der Waals surface area (Å²) in [6.07, 6.45) is 0. The van der Waals surface area contributed by atoms with Gasteiger partial charge in [-0.15, -0.1) is 0 Å². The number of nitrogens with zero attached hydrogens (tertiary/aromatic N) is 4. The minimum atomic E-state index is -0.422. The van der Waals surface area contributed by atoms with Crippen LogP contribution in [-0.4, -0.2) is 15.0 Å². The number of fused-ring (bicyclic) bond motifs is 5. The van der Waals surface area contributed by atoms with Crippen molar-refractivity contribution in [1.29, 1.82) is 0 Å². The number of aromatic nitrogens is 3. The number of anilines is 3. The van der Waals surface area contributed by atoms with Crippen molar-refractivity contribution in [3.8, 4) is 45.3 Å². The highest BCUT2D eigenvalue weighted by Crippen LogP contribution is 2.40. The van der Waals surface area contributed by atoms with Gasteiger partial charge in [0, 0.05) is 44.5 Å². The number of rotatable bonds is 7. The van der Waals surface area contributed by atoms with Crippen LogP contribution in [-0.2, 0) is 0 Å². The Morgan fingerprint density at radius 1 is 0.414 bits per heavy atom. The molecule has 11 rings (SSSR count). The summed E-state index contributed by atoms with van der Waals surface area (Å²) in [7, 11) is 0. The zero-order chi connectivity index (χ0) is 43.6. The van der Waals surface area contributed by atoms with Gasteiger partial charge in [0.15, 0.2) is 17.5 Å². The van der Waals surface area contributed by atoms with Gasteiger partial charge in [0.1, 0.15) is 11.2 Å². The van der Waals surface area contributed by atoms with Gasteiger partial charge in [-0.2, -0.15) is 0 Å². The van der Waals surface area contributed by atoms with Crippen LogP contribution in [0.4, 0.5) is 17.1 Å². The van der Waals surface area contributed by atoms with Crippen LogP contribution in [0.2, 0.25) is 0 Å². The Morgan fingerprint density at radius 2 is 0.983 bits per heavy atom. The molecule has 2 aromatic heterocycles. The fourth-order valence-electron chi connectivity index (χ4n) is 7.55. The molecule has 58 heavy (non-hydrogen) atoms. The van der Waals surface area contributed by atoms with Crippen molar-refractivity contribution in [2.75, 3.05) is 4.90 Å². The number of furan rings is 1. The maximum atomic E-state index is 9.54. The fraction of sp³-hybridized carbons (Fsp3) is 0. The van der Waals surface area contributed by atoms with Crippen LogP contribution in [0.3, 0.4) is 0 Å². The first-order chi connectivity index (χ1) is 31.2. The predicted octanol–water partition coefficient (Wildman–Crippen LogP) is 14.2. The van der Waals surface area contributed by atoms with Crippen LogP contribution in [0.15, 0.2) is 211 Å². The van der Waals surface area contributed by atoms with Crippen molar-refractivity contribution in [3.63, 3.8) is 0 Å². The third-order valence-corrected chi connectivity index (χ3v) is 10.4. The molecule has 0 saturated carbocycles. The number of benzene rings is 9. The molecule has 0 unspecified atom stereocenters. The SMILES string of the molecule is [2H]c1c([2H])c(-c2nc(-c3ccccc3)nc(-c3ccccc3)n2)c2c(oc3c([2H])c(-c4ccc5cc(N(c6ccccc6)c6ccc7ccccc7c6)ccc5c4)c([2H])c([2H])c32)c1[2H]. The molecule has 0 aliphatic heterocycles. The molecule has 0 amide bonds. The van der Waals surface area contributed by atoms with Crippen molar-refractivity contribution < 1.29 is 12.6 Å². The van der Waals surface area contributed by atoms with Gasteiger partial charge in [-0.3, -0.25) is 0 Å². The summed E-state index contributed by atoms with van der Waals surface area (Å²) in [4.78, 5) is 16.6. The number of hydrogen-bond donors (Lipinski definition) is 0. The highest BCUT2D eigenvalue weighted by molar-refractivity contribution is 6.12. The quantitative estimate of drug-likeness (QED) is 0.162. The summed E-state index contributed by atoms with van der Waals surface area (Å²) < 4.78 is 61.8. The van der Waals surface area contributed by atoms with Crippen LogP contribution < -0.4 is 4.90 Å². The zero-order valence-electron chi connectivity index (χ0n) is 36.9. The largest absolute Gasteiger partial charge is 0.456 e. The van der Waals surface area contributed by atoms with E-state index in [-0.39, 0.29) is 69.1 Å². The van der Waals surface area contributed by atoms with Crippen LogP contribution >= 0.6 is 0 Å². The molecular weight excluding hydrogens is 709 g/mol. The van der Waals surface area contributed by atoms with Gasteiger partial charge in [0.05, 0.1) is 8.22 Å². The van der Waals surface area contributed by atoms with Gasteiger partial charge < -0.3 is 9.32 Å². The Hall–Kier alpha value is -7.89. The molecule has 2 heterocycles. The predicted molar refractivity (Wildman–Crippen MR) is 239 cm³/mol. The van der Waals surface area contributed by atoms with E-state index in [1.54, 1.807) is 0 Å². The molecule has 0 radical (unpaired) electrons. The van der Waals surface area contributed by atoms with Crippen molar-refractivity contribution in [3.05, 3.63) is 206 Å². The minimum absolute atomic E-state index is 0.0318.